The summed E-state index contributed by atoms with van der Waals surface area (Å²) in [5.41, 5.74) is 3.31. The Morgan fingerprint density at radius 2 is 1.30 bits per heavy atom. The van der Waals surface area contributed by atoms with E-state index in [0.29, 0.717) is 37.3 Å². The number of nitrogens with one attached hydrogen (secondary N) is 2. The summed E-state index contributed by atoms with van der Waals surface area (Å²) in [6, 6.07) is 33.4. The largest absolute Gasteiger partial charge is 0.489 e. The van der Waals surface area contributed by atoms with E-state index in [9.17, 15) is 19.5 Å². The minimum Gasteiger partial charge on any atom is -0.489 e. The van der Waals surface area contributed by atoms with Crippen LogP contribution in [-0.2, 0) is 29.2 Å². The van der Waals surface area contributed by atoms with Crippen molar-refractivity contribution in [2.24, 2.45) is 0 Å². The maximum atomic E-state index is 13.6. The average molecular weight is 594 g/mol. The van der Waals surface area contributed by atoms with Crippen LogP contribution in [0.5, 0.6) is 5.75 Å². The van der Waals surface area contributed by atoms with E-state index in [2.05, 4.69) is 10.6 Å². The standard InChI is InChI=1S/C36H39N3O5/c1-26(40)33(38-34(41)30-19-21-31(22-20-30)44-25-29-16-10-5-11-17-29)35(42)37-32(23-18-27-12-6-3-7-13-27)36(43)39(2)24-28-14-8-4-9-15-28/h3-17,19-22,26,32-33,40H,18,23-25H2,1-2H3,(H,37,42)(H,38,41)/t26-,32+,33+/m1/s1. The molecule has 0 radical (unpaired) electrons. The van der Waals surface area contributed by atoms with Crippen LogP contribution >= 0.6 is 0 Å². The van der Waals surface area contributed by atoms with Crippen LogP contribution in [0, 0.1) is 0 Å². The van der Waals surface area contributed by atoms with Gasteiger partial charge >= 0.3 is 0 Å². The molecule has 8 nitrogen and oxygen atoms in total. The van der Waals surface area contributed by atoms with Gasteiger partial charge in [0.1, 0.15) is 24.4 Å². The molecule has 0 aliphatic rings. The zero-order valence-corrected chi connectivity index (χ0v) is 25.1. The molecule has 0 aliphatic carbocycles. The predicted octanol–water partition coefficient (Wildman–Crippen LogP) is 4.52. The Morgan fingerprint density at radius 3 is 1.86 bits per heavy atom. The van der Waals surface area contributed by atoms with Gasteiger partial charge < -0.3 is 25.4 Å². The second-order valence-electron chi connectivity index (χ2n) is 10.8. The van der Waals surface area contributed by atoms with Crippen molar-refractivity contribution >= 4 is 17.7 Å². The Bertz CT molecular complexity index is 1480. The highest BCUT2D eigenvalue weighted by atomic mass is 16.5. The Morgan fingerprint density at radius 1 is 0.750 bits per heavy atom. The lowest BCUT2D eigenvalue weighted by atomic mass is 10.0. The van der Waals surface area contributed by atoms with Gasteiger partial charge in [-0.15, -0.1) is 0 Å². The van der Waals surface area contributed by atoms with Crippen molar-refractivity contribution in [2.75, 3.05) is 7.05 Å². The molecule has 3 atom stereocenters. The van der Waals surface area contributed by atoms with E-state index in [4.69, 9.17) is 4.74 Å². The number of hydrogen-bond donors (Lipinski definition) is 3. The van der Waals surface area contributed by atoms with Crippen LogP contribution in [0.2, 0.25) is 0 Å². The van der Waals surface area contributed by atoms with Gasteiger partial charge in [0.25, 0.3) is 5.91 Å². The van der Waals surface area contributed by atoms with Crippen molar-refractivity contribution in [2.45, 2.75) is 51.1 Å². The third kappa shape index (κ3) is 9.54. The first-order valence-electron chi connectivity index (χ1n) is 14.7. The first kappa shape index (κ1) is 32.0. The molecule has 228 valence electrons. The second kappa shape index (κ2) is 16.0. The molecule has 4 rings (SSSR count). The molecule has 44 heavy (non-hydrogen) atoms. The molecular formula is C36H39N3O5. The van der Waals surface area contributed by atoms with E-state index in [1.807, 2.05) is 91.0 Å². The first-order chi connectivity index (χ1) is 21.3. The number of aliphatic hydroxyl groups excluding tert-OH is 1. The van der Waals surface area contributed by atoms with Crippen LogP contribution in [0.1, 0.15) is 40.4 Å². The minimum absolute atomic E-state index is 0.264. The van der Waals surface area contributed by atoms with Gasteiger partial charge in [0, 0.05) is 19.2 Å². The van der Waals surface area contributed by atoms with Gasteiger partial charge in [-0.2, -0.15) is 0 Å². The summed E-state index contributed by atoms with van der Waals surface area (Å²) in [6.07, 6.45) is -0.306. The molecule has 0 aliphatic heterocycles. The molecular weight excluding hydrogens is 554 g/mol. The Kier molecular flexibility index (Phi) is 11.7. The van der Waals surface area contributed by atoms with Crippen molar-refractivity contribution in [3.05, 3.63) is 138 Å². The van der Waals surface area contributed by atoms with Crippen molar-refractivity contribution < 1.29 is 24.2 Å². The Labute approximate surface area is 258 Å². The molecule has 4 aromatic rings. The number of amides is 3. The van der Waals surface area contributed by atoms with E-state index < -0.39 is 30.0 Å². The van der Waals surface area contributed by atoms with Crippen molar-refractivity contribution in [1.29, 1.82) is 0 Å². The summed E-state index contributed by atoms with van der Waals surface area (Å²) in [5, 5.41) is 15.9. The van der Waals surface area contributed by atoms with Crippen LogP contribution in [-0.4, -0.2) is 53.0 Å². The summed E-state index contributed by atoms with van der Waals surface area (Å²) in [4.78, 5) is 41.7. The van der Waals surface area contributed by atoms with Gasteiger partial charge in [-0.25, -0.2) is 0 Å². The molecule has 0 saturated carbocycles. The number of hydrogen-bond acceptors (Lipinski definition) is 5. The molecule has 0 spiro atoms. The Hall–Kier alpha value is -4.95. The number of aryl methyl sites for hydroxylation is 1. The van der Waals surface area contributed by atoms with Crippen molar-refractivity contribution in [3.8, 4) is 5.75 Å². The lowest BCUT2D eigenvalue weighted by molar-refractivity contribution is -0.137. The van der Waals surface area contributed by atoms with E-state index in [1.165, 1.54) is 6.92 Å². The van der Waals surface area contributed by atoms with Crippen LogP contribution in [0.4, 0.5) is 0 Å². The fraction of sp³-hybridized carbons (Fsp3) is 0.250. The topological polar surface area (TPSA) is 108 Å². The number of nitrogens with zero attached hydrogens (tertiary/aromatic N) is 1. The van der Waals surface area contributed by atoms with Gasteiger partial charge in [0.15, 0.2) is 0 Å². The molecule has 0 unspecified atom stereocenters. The molecule has 0 bridgehead atoms. The molecule has 0 heterocycles. The zero-order valence-electron chi connectivity index (χ0n) is 25.1. The molecule has 3 N–H and O–H groups in total. The van der Waals surface area contributed by atoms with Gasteiger partial charge in [-0.05, 0) is 60.7 Å². The summed E-state index contributed by atoms with van der Waals surface area (Å²) >= 11 is 0. The fourth-order valence-electron chi connectivity index (χ4n) is 4.75. The summed E-state index contributed by atoms with van der Waals surface area (Å²) in [6.45, 7) is 2.19. The number of benzene rings is 4. The highest BCUT2D eigenvalue weighted by Crippen LogP contribution is 2.15. The zero-order chi connectivity index (χ0) is 31.3. The number of carbonyl (C=O) groups excluding carboxylic acids is 3. The molecule has 0 fully saturated rings. The van der Waals surface area contributed by atoms with Crippen LogP contribution in [0.25, 0.3) is 0 Å². The minimum atomic E-state index is -1.28. The number of aliphatic hydroxyl groups is 1. The lowest BCUT2D eigenvalue weighted by Gasteiger charge is -2.28. The summed E-state index contributed by atoms with van der Waals surface area (Å²) < 4.78 is 5.79. The third-order valence-electron chi connectivity index (χ3n) is 7.23. The van der Waals surface area contributed by atoms with Crippen LogP contribution in [0.15, 0.2) is 115 Å². The monoisotopic (exact) mass is 593 g/mol. The van der Waals surface area contributed by atoms with Gasteiger partial charge in [0.2, 0.25) is 11.8 Å². The van der Waals surface area contributed by atoms with E-state index >= 15 is 0 Å². The summed E-state index contributed by atoms with van der Waals surface area (Å²) in [7, 11) is 1.69. The maximum absolute atomic E-state index is 13.6. The molecule has 4 aromatic carbocycles. The smallest absolute Gasteiger partial charge is 0.252 e. The quantitative estimate of drug-likeness (QED) is 0.199. The van der Waals surface area contributed by atoms with Gasteiger partial charge in [-0.1, -0.05) is 91.0 Å². The number of rotatable bonds is 14. The fourth-order valence-corrected chi connectivity index (χ4v) is 4.75. The highest BCUT2D eigenvalue weighted by molar-refractivity contribution is 5.98. The third-order valence-corrected chi connectivity index (χ3v) is 7.23. The number of ether oxygens (including phenoxy) is 1. The normalized spacial score (nSPS) is 12.8. The predicted molar refractivity (Wildman–Crippen MR) is 170 cm³/mol. The van der Waals surface area contributed by atoms with Crippen LogP contribution in [0.3, 0.4) is 0 Å². The lowest BCUT2D eigenvalue weighted by Crippen LogP contribution is -2.57. The van der Waals surface area contributed by atoms with Crippen molar-refractivity contribution in [3.63, 3.8) is 0 Å². The number of carbonyl (C=O) groups is 3. The summed E-state index contributed by atoms with van der Waals surface area (Å²) in [5.74, 6) is -0.848. The van der Waals surface area contributed by atoms with Gasteiger partial charge in [-0.3, -0.25) is 14.4 Å². The highest BCUT2D eigenvalue weighted by Gasteiger charge is 2.31. The molecule has 0 aromatic heterocycles. The van der Waals surface area contributed by atoms with E-state index in [1.54, 1.807) is 36.2 Å². The first-order valence-corrected chi connectivity index (χ1v) is 14.7. The average Bonchev–Trinajstić information content (AvgIpc) is 3.05. The van der Waals surface area contributed by atoms with Crippen LogP contribution < -0.4 is 15.4 Å². The Balaban J connectivity index is 1.41. The molecule has 0 saturated heterocycles. The molecule has 8 heteroatoms. The molecule has 3 amide bonds. The number of likely N-dealkylation sites (N-methyl/N-ethyl adjacent to an activating group) is 1. The van der Waals surface area contributed by atoms with Crippen molar-refractivity contribution in [1.82, 2.24) is 15.5 Å². The SMILES string of the molecule is C[C@@H](O)[C@H](NC(=O)c1ccc(OCc2ccccc2)cc1)C(=O)N[C@@H](CCc1ccccc1)C(=O)N(C)Cc1ccccc1. The van der Waals surface area contributed by atoms with E-state index in [-0.39, 0.29) is 5.91 Å². The maximum Gasteiger partial charge on any atom is 0.252 e. The van der Waals surface area contributed by atoms with E-state index in [0.717, 1.165) is 16.7 Å². The second-order valence-corrected chi connectivity index (χ2v) is 10.8. The van der Waals surface area contributed by atoms with Gasteiger partial charge in [0.05, 0.1) is 6.10 Å².